The van der Waals surface area contributed by atoms with Gasteiger partial charge in [-0.3, -0.25) is 4.99 Å². The maximum Gasteiger partial charge on any atom is 0.123 e. The number of allylic oxidation sites excluding steroid dienone is 1. The predicted octanol–water partition coefficient (Wildman–Crippen LogP) is 1.71. The molecule has 2 aliphatic rings. The third-order valence-corrected chi connectivity index (χ3v) is 4.31. The minimum atomic E-state index is 0. The summed E-state index contributed by atoms with van der Waals surface area (Å²) in [6.45, 7) is 9.17. The molecule has 2 N–H and O–H groups in total. The molecule has 0 amide bonds. The van der Waals surface area contributed by atoms with Crippen molar-refractivity contribution in [3.63, 3.8) is 0 Å². The molecule has 4 nitrogen and oxygen atoms in total. The lowest BCUT2D eigenvalue weighted by atomic mass is 9.95. The lowest BCUT2D eigenvalue weighted by Crippen LogP contribution is -2.44. The van der Waals surface area contributed by atoms with Crippen molar-refractivity contribution >= 4 is 5.84 Å². The number of rotatable bonds is 2. The Hall–Kier alpha value is -1.29. The van der Waals surface area contributed by atoms with Crippen LogP contribution in [0.25, 0.3) is 0 Å². The van der Waals surface area contributed by atoms with Crippen LogP contribution in [0.1, 0.15) is 21.2 Å². The molecule has 0 saturated carbocycles. The van der Waals surface area contributed by atoms with Crippen molar-refractivity contribution < 1.29 is 1.43 Å². The minimum Gasteiger partial charge on any atom is -0.399 e. The first kappa shape index (κ1) is 14.1. The zero-order chi connectivity index (χ0) is 14.0. The monoisotopic (exact) mass is 264 g/mol. The summed E-state index contributed by atoms with van der Waals surface area (Å²) in [5, 5.41) is 0. The second-order valence-corrected chi connectivity index (χ2v) is 5.87. The minimum absolute atomic E-state index is 0. The average Bonchev–Trinajstić information content (AvgIpc) is 2.39. The number of dihydropyridines is 1. The highest BCUT2D eigenvalue weighted by Crippen LogP contribution is 2.22. The van der Waals surface area contributed by atoms with Crippen molar-refractivity contribution in [1.82, 2.24) is 9.80 Å². The van der Waals surface area contributed by atoms with E-state index in [1.165, 1.54) is 25.9 Å². The standard InChI is InChI=1S/C15H26N4.H2/c1-11-10-17-15(9-14(11)12(2)16)19(4)13-5-7-18(3)8-6-13;/h9,11,13H,2,5-8,10,16H2,1,3-4H3;1H. The van der Waals surface area contributed by atoms with Gasteiger partial charge < -0.3 is 15.5 Å². The summed E-state index contributed by atoms with van der Waals surface area (Å²) in [6, 6.07) is 0.590. The smallest absolute Gasteiger partial charge is 0.123 e. The Morgan fingerprint density at radius 3 is 2.74 bits per heavy atom. The van der Waals surface area contributed by atoms with Crippen LogP contribution in [-0.4, -0.2) is 55.4 Å². The number of likely N-dealkylation sites (N-methyl/N-ethyl adjacent to an activating group) is 1. The molecule has 1 unspecified atom stereocenters. The van der Waals surface area contributed by atoms with E-state index in [4.69, 9.17) is 10.7 Å². The first-order valence-electron chi connectivity index (χ1n) is 7.11. The Labute approximate surface area is 118 Å². The van der Waals surface area contributed by atoms with Gasteiger partial charge in [0.15, 0.2) is 0 Å². The Morgan fingerprint density at radius 1 is 1.53 bits per heavy atom. The molecule has 0 bridgehead atoms. The summed E-state index contributed by atoms with van der Waals surface area (Å²) in [5.41, 5.74) is 7.69. The lowest BCUT2D eigenvalue weighted by molar-refractivity contribution is 0.192. The van der Waals surface area contributed by atoms with Crippen molar-refractivity contribution in [3.05, 3.63) is 23.9 Å². The molecule has 2 heterocycles. The molecule has 19 heavy (non-hydrogen) atoms. The number of hydrogen-bond donors (Lipinski definition) is 1. The van der Waals surface area contributed by atoms with Gasteiger partial charge in [0.2, 0.25) is 0 Å². The molecule has 2 aliphatic heterocycles. The number of likely N-dealkylation sites (tertiary alicyclic amines) is 1. The molecular formula is C15H28N4. The molecular weight excluding hydrogens is 236 g/mol. The molecule has 0 aromatic heterocycles. The van der Waals surface area contributed by atoms with Crippen molar-refractivity contribution in [2.45, 2.75) is 25.8 Å². The normalized spacial score (nSPS) is 25.7. The number of amidine groups is 1. The van der Waals surface area contributed by atoms with E-state index in [1.807, 2.05) is 0 Å². The van der Waals surface area contributed by atoms with Gasteiger partial charge in [0.05, 0.1) is 0 Å². The van der Waals surface area contributed by atoms with E-state index >= 15 is 0 Å². The Morgan fingerprint density at radius 2 is 2.16 bits per heavy atom. The van der Waals surface area contributed by atoms with Gasteiger partial charge in [-0.15, -0.1) is 0 Å². The number of hydrogen-bond acceptors (Lipinski definition) is 4. The van der Waals surface area contributed by atoms with Gasteiger partial charge in [-0.25, -0.2) is 0 Å². The number of aliphatic imine (C=N–C) groups is 1. The van der Waals surface area contributed by atoms with E-state index in [0.717, 1.165) is 18.0 Å². The van der Waals surface area contributed by atoms with Gasteiger partial charge in [0.25, 0.3) is 0 Å². The van der Waals surface area contributed by atoms with Gasteiger partial charge in [-0.2, -0.15) is 0 Å². The maximum atomic E-state index is 5.87. The van der Waals surface area contributed by atoms with Crippen molar-refractivity contribution in [1.29, 1.82) is 0 Å². The Balaban J connectivity index is 0.00000200. The second-order valence-electron chi connectivity index (χ2n) is 5.87. The van der Waals surface area contributed by atoms with Crippen LogP contribution in [0.2, 0.25) is 0 Å². The van der Waals surface area contributed by atoms with Crippen molar-refractivity contribution in [2.24, 2.45) is 16.6 Å². The zero-order valence-corrected chi connectivity index (χ0v) is 12.4. The van der Waals surface area contributed by atoms with E-state index < -0.39 is 0 Å². The van der Waals surface area contributed by atoms with E-state index in [0.29, 0.717) is 17.7 Å². The summed E-state index contributed by atoms with van der Waals surface area (Å²) in [5.74, 6) is 1.45. The van der Waals surface area contributed by atoms with Crippen LogP contribution in [0, 0.1) is 5.92 Å². The van der Waals surface area contributed by atoms with Crippen LogP contribution in [0.5, 0.6) is 0 Å². The zero-order valence-electron chi connectivity index (χ0n) is 12.4. The first-order valence-corrected chi connectivity index (χ1v) is 7.11. The summed E-state index contributed by atoms with van der Waals surface area (Å²) in [7, 11) is 4.34. The molecule has 0 aromatic rings. The molecule has 1 atom stereocenters. The molecule has 2 rings (SSSR count). The average molecular weight is 264 g/mol. The predicted molar refractivity (Wildman–Crippen MR) is 83.3 cm³/mol. The number of piperidine rings is 1. The number of nitrogens with two attached hydrogens (primary N) is 1. The maximum absolute atomic E-state index is 5.87. The quantitative estimate of drug-likeness (QED) is 0.826. The van der Waals surface area contributed by atoms with Crippen LogP contribution in [0.15, 0.2) is 28.9 Å². The van der Waals surface area contributed by atoms with E-state index in [1.54, 1.807) is 0 Å². The highest BCUT2D eigenvalue weighted by Gasteiger charge is 2.24. The van der Waals surface area contributed by atoms with E-state index in [9.17, 15) is 0 Å². The fraction of sp³-hybridized carbons (Fsp3) is 0.667. The van der Waals surface area contributed by atoms with Crippen LogP contribution >= 0.6 is 0 Å². The van der Waals surface area contributed by atoms with Gasteiger partial charge in [-0.05, 0) is 44.6 Å². The van der Waals surface area contributed by atoms with E-state index in [-0.39, 0.29) is 1.43 Å². The molecule has 0 aromatic carbocycles. The fourth-order valence-corrected chi connectivity index (χ4v) is 2.85. The third kappa shape index (κ3) is 3.18. The summed E-state index contributed by atoms with van der Waals surface area (Å²) >= 11 is 0. The highest BCUT2D eigenvalue weighted by atomic mass is 15.2. The highest BCUT2D eigenvalue weighted by molar-refractivity contribution is 5.95. The molecule has 0 aliphatic carbocycles. The molecule has 1 fully saturated rings. The van der Waals surface area contributed by atoms with Gasteiger partial charge in [0, 0.05) is 32.7 Å². The molecule has 0 spiro atoms. The van der Waals surface area contributed by atoms with Gasteiger partial charge in [-0.1, -0.05) is 13.5 Å². The summed E-state index contributed by atoms with van der Waals surface area (Å²) < 4.78 is 0. The van der Waals surface area contributed by atoms with Crippen LogP contribution in [-0.2, 0) is 0 Å². The van der Waals surface area contributed by atoms with E-state index in [2.05, 4.69) is 43.5 Å². The third-order valence-electron chi connectivity index (χ3n) is 4.31. The van der Waals surface area contributed by atoms with Crippen LogP contribution in [0.4, 0.5) is 0 Å². The summed E-state index contributed by atoms with van der Waals surface area (Å²) in [4.78, 5) is 9.40. The van der Waals surface area contributed by atoms with Crippen molar-refractivity contribution in [3.8, 4) is 0 Å². The van der Waals surface area contributed by atoms with Gasteiger partial charge in [0.1, 0.15) is 5.84 Å². The van der Waals surface area contributed by atoms with Gasteiger partial charge >= 0.3 is 0 Å². The van der Waals surface area contributed by atoms with Crippen molar-refractivity contribution in [2.75, 3.05) is 33.7 Å². The SMILES string of the molecule is C=C(N)C1=CC(N(C)C2CCN(C)CC2)=NCC1C.[HH]. The molecule has 1 saturated heterocycles. The molecule has 4 heteroatoms. The summed E-state index contributed by atoms with van der Waals surface area (Å²) in [6.07, 6.45) is 4.53. The largest absolute Gasteiger partial charge is 0.399 e. The lowest BCUT2D eigenvalue weighted by Gasteiger charge is -2.37. The molecule has 108 valence electrons. The Bertz CT molecular complexity index is 408. The van der Waals surface area contributed by atoms with Crippen LogP contribution < -0.4 is 5.73 Å². The first-order chi connectivity index (χ1) is 8.99. The topological polar surface area (TPSA) is 44.9 Å². The second kappa shape index (κ2) is 5.78. The fourth-order valence-electron chi connectivity index (χ4n) is 2.85. The number of nitrogens with zero attached hydrogens (tertiary/aromatic N) is 3. The van der Waals surface area contributed by atoms with Crippen LogP contribution in [0.3, 0.4) is 0 Å². The molecule has 0 radical (unpaired) electrons. The Kier molecular flexibility index (Phi) is 4.30.